The molecule has 75 heavy (non-hydrogen) atoms. The van der Waals surface area contributed by atoms with Crippen LogP contribution in [-0.2, 0) is 28.6 Å². The van der Waals surface area contributed by atoms with Crippen molar-refractivity contribution in [3.63, 3.8) is 0 Å². The van der Waals surface area contributed by atoms with E-state index in [1.807, 2.05) is 0 Å². The molecule has 0 aromatic rings. The van der Waals surface area contributed by atoms with Crippen LogP contribution in [0.15, 0.2) is 24.3 Å². The molecule has 0 aliphatic rings. The lowest BCUT2D eigenvalue weighted by atomic mass is 10.0. The first kappa shape index (κ1) is 72.9. The third kappa shape index (κ3) is 62.6. The van der Waals surface area contributed by atoms with Crippen LogP contribution in [0.1, 0.15) is 380 Å². The van der Waals surface area contributed by atoms with Gasteiger partial charge in [-0.1, -0.05) is 315 Å². The Balaban J connectivity index is 4.24. The average Bonchev–Trinajstić information content (AvgIpc) is 3.41. The molecule has 0 heterocycles. The van der Waals surface area contributed by atoms with E-state index in [0.29, 0.717) is 19.3 Å². The van der Waals surface area contributed by atoms with Crippen LogP contribution in [0.25, 0.3) is 0 Å². The number of unbranched alkanes of at least 4 members (excludes halogenated alkanes) is 48. The quantitative estimate of drug-likeness (QED) is 0.0261. The molecule has 1 atom stereocenters. The molecule has 442 valence electrons. The highest BCUT2D eigenvalue weighted by Crippen LogP contribution is 2.18. The maximum atomic E-state index is 12.9. The first-order valence-corrected chi connectivity index (χ1v) is 33.8. The number of rotatable bonds is 63. The molecule has 0 aromatic carbocycles. The van der Waals surface area contributed by atoms with Crippen LogP contribution in [-0.4, -0.2) is 37.2 Å². The maximum absolute atomic E-state index is 12.9. The number of ether oxygens (including phenoxy) is 3. The van der Waals surface area contributed by atoms with Gasteiger partial charge in [0.15, 0.2) is 6.10 Å². The molecule has 0 saturated carbocycles. The third-order valence-corrected chi connectivity index (χ3v) is 15.4. The standard InChI is InChI=1S/C69H130O6/c1-4-7-10-13-16-19-22-25-28-30-32-33-34-35-36-37-38-40-41-44-47-50-53-56-59-62-68(71)74-65-66(64-73-67(70)61-58-55-52-49-46-43-27-24-21-18-15-12-9-6-3)75-69(72)63-60-57-54-51-48-45-42-39-31-29-26-23-20-17-14-11-8-5-2/h24,27,30,32,66H,4-23,25-26,28-29,31,33-65H2,1-3H3/b27-24-,32-30-. The lowest BCUT2D eigenvalue weighted by Crippen LogP contribution is -2.30. The summed E-state index contributed by atoms with van der Waals surface area (Å²) < 4.78 is 17.0. The van der Waals surface area contributed by atoms with Gasteiger partial charge in [-0.15, -0.1) is 0 Å². The van der Waals surface area contributed by atoms with E-state index in [1.54, 1.807) is 0 Å². The summed E-state index contributed by atoms with van der Waals surface area (Å²) in [5, 5.41) is 0. The van der Waals surface area contributed by atoms with E-state index >= 15 is 0 Å². The fourth-order valence-electron chi connectivity index (χ4n) is 10.3. The van der Waals surface area contributed by atoms with E-state index in [-0.39, 0.29) is 31.1 Å². The molecule has 0 bridgehead atoms. The van der Waals surface area contributed by atoms with Gasteiger partial charge in [-0.05, 0) is 70.6 Å². The molecule has 0 fully saturated rings. The van der Waals surface area contributed by atoms with Crippen LogP contribution >= 0.6 is 0 Å². The van der Waals surface area contributed by atoms with Crippen LogP contribution in [0.2, 0.25) is 0 Å². The van der Waals surface area contributed by atoms with E-state index in [4.69, 9.17) is 14.2 Å². The Kier molecular flexibility index (Phi) is 62.6. The molecule has 0 radical (unpaired) electrons. The van der Waals surface area contributed by atoms with Gasteiger partial charge in [0.05, 0.1) is 0 Å². The normalized spacial score (nSPS) is 12.1. The fourth-order valence-corrected chi connectivity index (χ4v) is 10.3. The van der Waals surface area contributed by atoms with Gasteiger partial charge in [-0.2, -0.15) is 0 Å². The lowest BCUT2D eigenvalue weighted by Gasteiger charge is -2.18. The molecule has 0 aliphatic carbocycles. The van der Waals surface area contributed by atoms with Crippen LogP contribution in [0.5, 0.6) is 0 Å². The largest absolute Gasteiger partial charge is 0.462 e. The predicted octanol–water partition coefficient (Wildman–Crippen LogP) is 23.0. The van der Waals surface area contributed by atoms with E-state index in [2.05, 4.69) is 45.1 Å². The number of hydrogen-bond acceptors (Lipinski definition) is 6. The molecule has 6 nitrogen and oxygen atoms in total. The minimum atomic E-state index is -0.771. The fraction of sp³-hybridized carbons (Fsp3) is 0.899. The molecular formula is C69H130O6. The van der Waals surface area contributed by atoms with Crippen LogP contribution in [0, 0.1) is 0 Å². The van der Waals surface area contributed by atoms with Crippen molar-refractivity contribution in [2.24, 2.45) is 0 Å². The number of allylic oxidation sites excluding steroid dienone is 4. The molecular weight excluding hydrogens is 925 g/mol. The lowest BCUT2D eigenvalue weighted by molar-refractivity contribution is -0.167. The smallest absolute Gasteiger partial charge is 0.306 e. The van der Waals surface area contributed by atoms with E-state index in [0.717, 1.165) is 64.2 Å². The first-order chi connectivity index (χ1) is 37.0. The summed E-state index contributed by atoms with van der Waals surface area (Å²) in [6.45, 7) is 6.70. The van der Waals surface area contributed by atoms with Gasteiger partial charge in [0, 0.05) is 19.3 Å². The minimum absolute atomic E-state index is 0.0684. The summed E-state index contributed by atoms with van der Waals surface area (Å²) in [5.41, 5.74) is 0. The van der Waals surface area contributed by atoms with Crippen molar-refractivity contribution >= 4 is 17.9 Å². The maximum Gasteiger partial charge on any atom is 0.306 e. The molecule has 0 rings (SSSR count). The molecule has 0 N–H and O–H groups in total. The summed E-state index contributed by atoms with van der Waals surface area (Å²) in [7, 11) is 0. The number of carbonyl (C=O) groups excluding carboxylic acids is 3. The zero-order valence-electron chi connectivity index (χ0n) is 50.8. The number of esters is 3. The van der Waals surface area contributed by atoms with Gasteiger partial charge in [-0.25, -0.2) is 0 Å². The average molecular weight is 1060 g/mol. The molecule has 1 unspecified atom stereocenters. The van der Waals surface area contributed by atoms with Crippen molar-refractivity contribution in [2.75, 3.05) is 13.2 Å². The third-order valence-electron chi connectivity index (χ3n) is 15.4. The summed E-state index contributed by atoms with van der Waals surface area (Å²) in [6, 6.07) is 0. The van der Waals surface area contributed by atoms with Crippen molar-refractivity contribution < 1.29 is 28.6 Å². The van der Waals surface area contributed by atoms with E-state index in [1.165, 1.54) is 276 Å². The Morgan fingerprint density at radius 1 is 0.253 bits per heavy atom. The van der Waals surface area contributed by atoms with Crippen LogP contribution < -0.4 is 0 Å². The number of carbonyl (C=O) groups is 3. The Morgan fingerprint density at radius 2 is 0.440 bits per heavy atom. The molecule has 0 aromatic heterocycles. The van der Waals surface area contributed by atoms with Crippen molar-refractivity contribution in [2.45, 2.75) is 386 Å². The van der Waals surface area contributed by atoms with Gasteiger partial charge < -0.3 is 14.2 Å². The molecule has 0 aliphatic heterocycles. The number of hydrogen-bond donors (Lipinski definition) is 0. The molecule has 0 spiro atoms. The molecule has 6 heteroatoms. The Hall–Kier alpha value is -2.11. The van der Waals surface area contributed by atoms with E-state index in [9.17, 15) is 14.4 Å². The van der Waals surface area contributed by atoms with Gasteiger partial charge in [-0.3, -0.25) is 14.4 Å². The monoisotopic (exact) mass is 1050 g/mol. The second kappa shape index (κ2) is 64.4. The highest BCUT2D eigenvalue weighted by Gasteiger charge is 2.19. The minimum Gasteiger partial charge on any atom is -0.462 e. The Morgan fingerprint density at radius 3 is 0.667 bits per heavy atom. The first-order valence-electron chi connectivity index (χ1n) is 33.8. The second-order valence-corrected chi connectivity index (χ2v) is 23.1. The van der Waals surface area contributed by atoms with Crippen molar-refractivity contribution in [1.29, 1.82) is 0 Å². The van der Waals surface area contributed by atoms with E-state index < -0.39 is 6.10 Å². The van der Waals surface area contributed by atoms with Crippen molar-refractivity contribution in [3.05, 3.63) is 24.3 Å². The summed E-state index contributed by atoms with van der Waals surface area (Å²) in [4.78, 5) is 38.3. The zero-order valence-corrected chi connectivity index (χ0v) is 50.8. The predicted molar refractivity (Wildman–Crippen MR) is 326 cm³/mol. The summed E-state index contributed by atoms with van der Waals surface area (Å²) in [6.07, 6.45) is 77.7. The van der Waals surface area contributed by atoms with Gasteiger partial charge >= 0.3 is 17.9 Å². The van der Waals surface area contributed by atoms with Gasteiger partial charge in [0.1, 0.15) is 13.2 Å². The topological polar surface area (TPSA) is 78.9 Å². The Labute approximate surface area is 468 Å². The molecule has 0 amide bonds. The van der Waals surface area contributed by atoms with Crippen molar-refractivity contribution in [1.82, 2.24) is 0 Å². The summed E-state index contributed by atoms with van der Waals surface area (Å²) in [5.74, 6) is -0.848. The van der Waals surface area contributed by atoms with Gasteiger partial charge in [0.2, 0.25) is 0 Å². The molecule has 0 saturated heterocycles. The SMILES string of the molecule is CCCCCCC/C=C\CCCCCCCC(=O)OCC(COC(=O)CCCCCCCCCCCCCCC/C=C\CCCCCCCCCC)OC(=O)CCCCCCCCCCCCCCCCCCCC. The van der Waals surface area contributed by atoms with Crippen molar-refractivity contribution in [3.8, 4) is 0 Å². The van der Waals surface area contributed by atoms with Gasteiger partial charge in [0.25, 0.3) is 0 Å². The zero-order chi connectivity index (χ0) is 54.3. The summed E-state index contributed by atoms with van der Waals surface area (Å²) >= 11 is 0. The highest BCUT2D eigenvalue weighted by molar-refractivity contribution is 5.71. The second-order valence-electron chi connectivity index (χ2n) is 23.1. The Bertz CT molecular complexity index is 1210. The van der Waals surface area contributed by atoms with Crippen LogP contribution in [0.4, 0.5) is 0 Å². The van der Waals surface area contributed by atoms with Crippen LogP contribution in [0.3, 0.4) is 0 Å². The highest BCUT2D eigenvalue weighted by atomic mass is 16.6.